The van der Waals surface area contributed by atoms with Gasteiger partial charge in [0.05, 0.1) is 39.6 Å². The predicted molar refractivity (Wildman–Crippen MR) is 83.8 cm³/mol. The van der Waals surface area contributed by atoms with Crippen LogP contribution in [0.2, 0.25) is 0 Å². The van der Waals surface area contributed by atoms with Crippen LogP contribution in [0.5, 0.6) is 0 Å². The summed E-state index contributed by atoms with van der Waals surface area (Å²) in [6.45, 7) is 11.5. The Labute approximate surface area is 129 Å². The maximum absolute atomic E-state index is 5.58. The Bertz CT molecular complexity index is 218. The van der Waals surface area contributed by atoms with Crippen molar-refractivity contribution in [3.05, 3.63) is 0 Å². The monoisotopic (exact) mass is 300 g/mol. The van der Waals surface area contributed by atoms with E-state index in [4.69, 9.17) is 14.2 Å². The van der Waals surface area contributed by atoms with Gasteiger partial charge >= 0.3 is 0 Å². The Kier molecular flexibility index (Phi) is 9.30. The Hall–Kier alpha value is -0.200. The molecule has 5 nitrogen and oxygen atoms in total. The van der Waals surface area contributed by atoms with Crippen molar-refractivity contribution in [1.29, 1.82) is 0 Å². The highest BCUT2D eigenvalue weighted by Gasteiger charge is 2.10. The molecule has 0 aliphatic carbocycles. The zero-order valence-corrected chi connectivity index (χ0v) is 13.4. The number of hydrogen-bond acceptors (Lipinski definition) is 5. The Morgan fingerprint density at radius 3 is 1.19 bits per heavy atom. The van der Waals surface area contributed by atoms with Crippen molar-refractivity contribution >= 4 is 0 Å². The van der Waals surface area contributed by atoms with Crippen molar-refractivity contribution in [2.75, 3.05) is 78.9 Å². The fourth-order valence-electron chi connectivity index (χ4n) is 2.94. The molecule has 0 atom stereocenters. The van der Waals surface area contributed by atoms with Crippen LogP contribution in [0, 0.1) is 0 Å². The van der Waals surface area contributed by atoms with Gasteiger partial charge in [-0.2, -0.15) is 0 Å². The summed E-state index contributed by atoms with van der Waals surface area (Å²) in [5.74, 6) is 0. The fourth-order valence-corrected chi connectivity index (χ4v) is 2.94. The van der Waals surface area contributed by atoms with Crippen molar-refractivity contribution in [2.45, 2.75) is 25.7 Å². The van der Waals surface area contributed by atoms with E-state index in [0.717, 1.165) is 26.3 Å². The summed E-state index contributed by atoms with van der Waals surface area (Å²) in [5.41, 5.74) is 0. The minimum atomic E-state index is 0.676. The zero-order chi connectivity index (χ0) is 14.6. The number of hydrogen-bond donors (Lipinski definition) is 0. The van der Waals surface area contributed by atoms with Gasteiger partial charge in [-0.3, -0.25) is 0 Å². The molecule has 2 aliphatic heterocycles. The van der Waals surface area contributed by atoms with Gasteiger partial charge in [-0.15, -0.1) is 0 Å². The van der Waals surface area contributed by atoms with Crippen molar-refractivity contribution < 1.29 is 14.2 Å². The molecule has 2 fully saturated rings. The van der Waals surface area contributed by atoms with Crippen LogP contribution >= 0.6 is 0 Å². The van der Waals surface area contributed by atoms with Crippen molar-refractivity contribution in [3.63, 3.8) is 0 Å². The molecule has 21 heavy (non-hydrogen) atoms. The predicted octanol–water partition coefficient (Wildman–Crippen LogP) is 1.23. The second-order valence-corrected chi connectivity index (χ2v) is 5.93. The maximum Gasteiger partial charge on any atom is 0.0701 e. The van der Waals surface area contributed by atoms with E-state index >= 15 is 0 Å². The van der Waals surface area contributed by atoms with E-state index in [1.165, 1.54) is 51.9 Å². The molecular weight excluding hydrogens is 268 g/mol. The van der Waals surface area contributed by atoms with Gasteiger partial charge in [-0.25, -0.2) is 0 Å². The summed E-state index contributed by atoms with van der Waals surface area (Å²) in [4.78, 5) is 4.93. The lowest BCUT2D eigenvalue weighted by Crippen LogP contribution is -2.25. The van der Waals surface area contributed by atoms with Crippen LogP contribution in [0.1, 0.15) is 25.7 Å². The van der Waals surface area contributed by atoms with Crippen LogP contribution in [-0.2, 0) is 14.2 Å². The second-order valence-electron chi connectivity index (χ2n) is 5.93. The standard InChI is InChI=1S/C16H32N2O3/c1-2-6-17(5-1)9-11-19-13-15-21-16-14-20-12-10-18-7-3-4-8-18/h1-16H2. The van der Waals surface area contributed by atoms with E-state index in [1.54, 1.807) is 0 Å². The molecule has 2 saturated heterocycles. The highest BCUT2D eigenvalue weighted by atomic mass is 16.5. The highest BCUT2D eigenvalue weighted by molar-refractivity contribution is 4.65. The largest absolute Gasteiger partial charge is 0.378 e. The molecule has 0 aromatic rings. The Balaban J connectivity index is 1.25. The number of ether oxygens (including phenoxy) is 3. The highest BCUT2D eigenvalue weighted by Crippen LogP contribution is 2.06. The molecule has 0 spiro atoms. The first-order valence-electron chi connectivity index (χ1n) is 8.63. The number of likely N-dealkylation sites (tertiary alicyclic amines) is 2. The van der Waals surface area contributed by atoms with Gasteiger partial charge in [-0.1, -0.05) is 0 Å². The van der Waals surface area contributed by atoms with Gasteiger partial charge in [0.25, 0.3) is 0 Å². The lowest BCUT2D eigenvalue weighted by Gasteiger charge is -2.15. The molecule has 0 bridgehead atoms. The molecule has 0 N–H and O–H groups in total. The van der Waals surface area contributed by atoms with E-state index in [1.807, 2.05) is 0 Å². The van der Waals surface area contributed by atoms with Gasteiger partial charge in [0, 0.05) is 13.1 Å². The third-order valence-corrected chi connectivity index (χ3v) is 4.25. The molecule has 124 valence electrons. The van der Waals surface area contributed by atoms with Crippen molar-refractivity contribution in [3.8, 4) is 0 Å². The summed E-state index contributed by atoms with van der Waals surface area (Å²) in [5, 5.41) is 0. The van der Waals surface area contributed by atoms with E-state index in [9.17, 15) is 0 Å². The molecule has 0 aromatic heterocycles. The minimum absolute atomic E-state index is 0.676. The summed E-state index contributed by atoms with van der Waals surface area (Å²) in [6, 6.07) is 0. The first-order chi connectivity index (χ1) is 10.4. The second kappa shape index (κ2) is 11.4. The maximum atomic E-state index is 5.58. The van der Waals surface area contributed by atoms with Gasteiger partial charge < -0.3 is 24.0 Å². The van der Waals surface area contributed by atoms with Crippen molar-refractivity contribution in [2.24, 2.45) is 0 Å². The lowest BCUT2D eigenvalue weighted by molar-refractivity contribution is 0.00876. The zero-order valence-electron chi connectivity index (χ0n) is 13.4. The molecule has 2 heterocycles. The molecule has 0 unspecified atom stereocenters. The quantitative estimate of drug-likeness (QED) is 0.506. The van der Waals surface area contributed by atoms with Gasteiger partial charge in [0.2, 0.25) is 0 Å². The Morgan fingerprint density at radius 2 is 0.810 bits per heavy atom. The van der Waals surface area contributed by atoms with Crippen LogP contribution in [0.25, 0.3) is 0 Å². The molecule has 2 rings (SSSR count). The van der Waals surface area contributed by atoms with Crippen molar-refractivity contribution in [1.82, 2.24) is 9.80 Å². The molecule has 0 aromatic carbocycles. The summed E-state index contributed by atoms with van der Waals surface area (Å²) < 4.78 is 16.7. The van der Waals surface area contributed by atoms with Gasteiger partial charge in [0.1, 0.15) is 0 Å². The van der Waals surface area contributed by atoms with E-state index in [2.05, 4.69) is 9.80 Å². The molecule has 2 aliphatic rings. The van der Waals surface area contributed by atoms with Crippen LogP contribution in [0.4, 0.5) is 0 Å². The molecular formula is C16H32N2O3. The third kappa shape index (κ3) is 8.12. The molecule has 0 radical (unpaired) electrons. The van der Waals surface area contributed by atoms with E-state index < -0.39 is 0 Å². The smallest absolute Gasteiger partial charge is 0.0701 e. The lowest BCUT2D eigenvalue weighted by atomic mass is 10.4. The van der Waals surface area contributed by atoms with E-state index in [0.29, 0.717) is 26.4 Å². The Morgan fingerprint density at radius 1 is 0.476 bits per heavy atom. The van der Waals surface area contributed by atoms with Crippen LogP contribution in [0.3, 0.4) is 0 Å². The molecule has 5 heteroatoms. The molecule has 0 amide bonds. The average molecular weight is 300 g/mol. The average Bonchev–Trinajstić information content (AvgIpc) is 3.18. The van der Waals surface area contributed by atoms with Crippen LogP contribution in [0.15, 0.2) is 0 Å². The summed E-state index contributed by atoms with van der Waals surface area (Å²) >= 11 is 0. The first kappa shape index (κ1) is 17.2. The van der Waals surface area contributed by atoms with Gasteiger partial charge in [-0.05, 0) is 51.9 Å². The summed E-state index contributed by atoms with van der Waals surface area (Å²) in [7, 11) is 0. The minimum Gasteiger partial charge on any atom is -0.378 e. The van der Waals surface area contributed by atoms with E-state index in [-0.39, 0.29) is 0 Å². The summed E-state index contributed by atoms with van der Waals surface area (Å²) in [6.07, 6.45) is 5.39. The topological polar surface area (TPSA) is 34.2 Å². The fraction of sp³-hybridized carbons (Fsp3) is 1.00. The van der Waals surface area contributed by atoms with Gasteiger partial charge in [0.15, 0.2) is 0 Å². The number of rotatable bonds is 12. The first-order valence-corrected chi connectivity index (χ1v) is 8.63. The normalized spacial score (nSPS) is 20.6. The number of nitrogens with zero attached hydrogens (tertiary/aromatic N) is 2. The SMILES string of the molecule is C1CCN(CCOCCOCCOCCN2CCCC2)C1. The van der Waals surface area contributed by atoms with Crippen LogP contribution < -0.4 is 0 Å². The van der Waals surface area contributed by atoms with Crippen LogP contribution in [-0.4, -0.2) is 88.7 Å². The molecule has 0 saturated carbocycles. The third-order valence-electron chi connectivity index (χ3n) is 4.25.